The highest BCUT2D eigenvalue weighted by molar-refractivity contribution is 14.1. The number of hydrogen-bond acceptors (Lipinski definition) is 3. The van der Waals surface area contributed by atoms with Gasteiger partial charge in [-0.05, 0) is 29.0 Å². The van der Waals surface area contributed by atoms with Crippen LogP contribution in [0.5, 0.6) is 0 Å². The van der Waals surface area contributed by atoms with E-state index in [2.05, 4.69) is 27.9 Å². The van der Waals surface area contributed by atoms with Crippen molar-refractivity contribution in [2.75, 3.05) is 5.32 Å². The number of nitriles is 1. The third-order valence-corrected chi connectivity index (χ3v) is 3.31. The molecule has 0 fully saturated rings. The van der Waals surface area contributed by atoms with Gasteiger partial charge in [0.25, 0.3) is 0 Å². The molecule has 5 heteroatoms. The zero-order valence-electron chi connectivity index (χ0n) is 6.60. The van der Waals surface area contributed by atoms with Gasteiger partial charge in [0.1, 0.15) is 17.3 Å². The molecule has 0 bridgehead atoms. The Morgan fingerprint density at radius 1 is 1.69 bits per heavy atom. The molecule has 1 aliphatic rings. The summed E-state index contributed by atoms with van der Waals surface area (Å²) in [6.07, 6.45) is 1.64. The van der Waals surface area contributed by atoms with Crippen molar-refractivity contribution in [1.82, 2.24) is 0 Å². The number of alkyl halides is 1. The molecule has 3 nitrogen and oxygen atoms in total. The summed E-state index contributed by atoms with van der Waals surface area (Å²) in [5.74, 6) is 1.22. The number of anilines is 1. The lowest BCUT2D eigenvalue weighted by atomic mass is 10.1. The Hall–Kier alpha value is -0.410. The van der Waals surface area contributed by atoms with Gasteiger partial charge in [0.15, 0.2) is 0 Å². The molecule has 2 rings (SSSR count). The van der Waals surface area contributed by atoms with Crippen molar-refractivity contribution in [3.8, 4) is 6.07 Å². The highest BCUT2D eigenvalue weighted by Gasteiger charge is 2.24. The summed E-state index contributed by atoms with van der Waals surface area (Å²) in [6, 6.07) is 2.01. The highest BCUT2D eigenvalue weighted by Crippen LogP contribution is 2.34. The summed E-state index contributed by atoms with van der Waals surface area (Å²) in [6.45, 7) is 0. The average Bonchev–Trinajstić information content (AvgIpc) is 2.44. The first-order valence-corrected chi connectivity index (χ1v) is 5.35. The van der Waals surface area contributed by atoms with Crippen LogP contribution in [0.4, 0.5) is 5.69 Å². The molecular weight excluding hydrogens is 302 g/mol. The maximum Gasteiger partial charge on any atom is 0.219 e. The van der Waals surface area contributed by atoms with Crippen LogP contribution in [0.25, 0.3) is 0 Å². The van der Waals surface area contributed by atoms with E-state index < -0.39 is 0 Å². The molecule has 1 aliphatic heterocycles. The number of halogens is 2. The normalized spacial score (nSPS) is 20.2. The smallest absolute Gasteiger partial charge is 0.219 e. The van der Waals surface area contributed by atoms with Gasteiger partial charge >= 0.3 is 0 Å². The van der Waals surface area contributed by atoms with Crippen LogP contribution in [0.3, 0.4) is 0 Å². The van der Waals surface area contributed by atoms with Crippen molar-refractivity contribution in [2.24, 2.45) is 0 Å². The molecule has 0 spiro atoms. The standard InChI is InChI=1S/C8H6ClIN2O/c9-6-2-1-4-8(12-6)7(10)5(3-11)13-4/h6,12H,1-2H2. The number of hydrogen-bond donors (Lipinski definition) is 1. The zero-order valence-corrected chi connectivity index (χ0v) is 9.52. The maximum absolute atomic E-state index is 8.72. The van der Waals surface area contributed by atoms with Gasteiger partial charge in [0.2, 0.25) is 5.76 Å². The fraction of sp³-hybridized carbons (Fsp3) is 0.375. The molecular formula is C8H6ClIN2O. The Morgan fingerprint density at radius 2 is 2.46 bits per heavy atom. The molecule has 13 heavy (non-hydrogen) atoms. The SMILES string of the molecule is N#Cc1oc2c(c1I)NC(Cl)CC2. The van der Waals surface area contributed by atoms with E-state index in [9.17, 15) is 0 Å². The maximum atomic E-state index is 8.72. The molecule has 68 valence electrons. The van der Waals surface area contributed by atoms with Crippen LogP contribution in [0.1, 0.15) is 17.9 Å². The minimum absolute atomic E-state index is 0.0508. The lowest BCUT2D eigenvalue weighted by Gasteiger charge is -2.17. The number of nitrogens with one attached hydrogen (secondary N) is 1. The summed E-state index contributed by atoms with van der Waals surface area (Å²) in [7, 11) is 0. The van der Waals surface area contributed by atoms with Crippen molar-refractivity contribution in [2.45, 2.75) is 18.3 Å². The molecule has 1 atom stereocenters. The number of aryl methyl sites for hydroxylation is 1. The largest absolute Gasteiger partial charge is 0.447 e. The summed E-state index contributed by atoms with van der Waals surface area (Å²) in [5, 5.41) is 11.8. The van der Waals surface area contributed by atoms with E-state index in [4.69, 9.17) is 21.3 Å². The number of rotatable bonds is 0. The van der Waals surface area contributed by atoms with Crippen molar-refractivity contribution < 1.29 is 4.42 Å². The van der Waals surface area contributed by atoms with Crippen LogP contribution in [0.2, 0.25) is 0 Å². The van der Waals surface area contributed by atoms with E-state index in [1.807, 2.05) is 6.07 Å². The first-order valence-electron chi connectivity index (χ1n) is 3.84. The van der Waals surface area contributed by atoms with Crippen molar-refractivity contribution in [3.63, 3.8) is 0 Å². The molecule has 0 aliphatic carbocycles. The van der Waals surface area contributed by atoms with Crippen LogP contribution < -0.4 is 5.32 Å². The van der Waals surface area contributed by atoms with E-state index in [1.54, 1.807) is 0 Å². The van der Waals surface area contributed by atoms with Crippen LogP contribution in [-0.2, 0) is 6.42 Å². The van der Waals surface area contributed by atoms with Gasteiger partial charge in [0.05, 0.1) is 9.26 Å². The first kappa shape index (κ1) is 9.16. The van der Waals surface area contributed by atoms with Gasteiger partial charge in [-0.15, -0.1) is 0 Å². The summed E-state index contributed by atoms with van der Waals surface area (Å²) in [4.78, 5) is 0. The second-order valence-corrected chi connectivity index (χ2v) is 4.41. The Morgan fingerprint density at radius 3 is 3.15 bits per heavy atom. The first-order chi connectivity index (χ1) is 6.22. The second kappa shape index (κ2) is 3.39. The highest BCUT2D eigenvalue weighted by atomic mass is 127. The summed E-state index contributed by atoms with van der Waals surface area (Å²) < 4.78 is 6.18. The molecule has 1 N–H and O–H groups in total. The van der Waals surface area contributed by atoms with Gasteiger partial charge in [-0.1, -0.05) is 11.6 Å². The predicted octanol–water partition coefficient (Wildman–Crippen LogP) is 2.68. The van der Waals surface area contributed by atoms with Crippen molar-refractivity contribution in [1.29, 1.82) is 5.26 Å². The van der Waals surface area contributed by atoms with Gasteiger partial charge in [-0.3, -0.25) is 0 Å². The van der Waals surface area contributed by atoms with E-state index >= 15 is 0 Å². The lowest BCUT2D eigenvalue weighted by Crippen LogP contribution is -2.18. The van der Waals surface area contributed by atoms with Crippen LogP contribution in [0.15, 0.2) is 4.42 Å². The minimum atomic E-state index is -0.0508. The van der Waals surface area contributed by atoms with E-state index in [0.717, 1.165) is 27.9 Å². The van der Waals surface area contributed by atoms with Crippen LogP contribution in [-0.4, -0.2) is 5.50 Å². The summed E-state index contributed by atoms with van der Waals surface area (Å²) >= 11 is 8.02. The van der Waals surface area contributed by atoms with Gasteiger partial charge < -0.3 is 9.73 Å². The molecule has 0 amide bonds. The monoisotopic (exact) mass is 308 g/mol. The Kier molecular flexibility index (Phi) is 2.39. The third kappa shape index (κ3) is 1.51. The van der Waals surface area contributed by atoms with Gasteiger partial charge in [-0.25, -0.2) is 0 Å². The Balaban J connectivity index is 2.47. The fourth-order valence-corrected chi connectivity index (χ4v) is 2.24. The number of furan rings is 1. The topological polar surface area (TPSA) is 49.0 Å². The molecule has 1 aromatic rings. The lowest BCUT2D eigenvalue weighted by molar-refractivity contribution is 0.485. The second-order valence-electron chi connectivity index (χ2n) is 2.81. The number of nitrogens with zero attached hydrogens (tertiary/aromatic N) is 1. The fourth-order valence-electron chi connectivity index (χ4n) is 1.33. The van der Waals surface area contributed by atoms with Crippen LogP contribution in [0, 0.1) is 14.9 Å². The molecule has 1 unspecified atom stereocenters. The average molecular weight is 309 g/mol. The van der Waals surface area contributed by atoms with Gasteiger partial charge in [0, 0.05) is 6.42 Å². The molecule has 0 saturated carbocycles. The minimum Gasteiger partial charge on any atom is -0.447 e. The van der Waals surface area contributed by atoms with Gasteiger partial charge in [-0.2, -0.15) is 5.26 Å². The van der Waals surface area contributed by atoms with Crippen molar-refractivity contribution >= 4 is 39.9 Å². The molecule has 0 aromatic carbocycles. The molecule has 0 radical (unpaired) electrons. The third-order valence-electron chi connectivity index (χ3n) is 1.95. The quantitative estimate of drug-likeness (QED) is 0.455. The van der Waals surface area contributed by atoms with Crippen LogP contribution >= 0.6 is 34.2 Å². The predicted molar refractivity (Wildman–Crippen MR) is 57.7 cm³/mol. The van der Waals surface area contributed by atoms with E-state index in [0.29, 0.717) is 5.76 Å². The Labute approximate surface area is 94.2 Å². The van der Waals surface area contributed by atoms with E-state index in [1.165, 1.54) is 0 Å². The Bertz CT molecular complexity index is 382. The molecule has 2 heterocycles. The van der Waals surface area contributed by atoms with E-state index in [-0.39, 0.29) is 5.50 Å². The number of fused-ring (bicyclic) bond motifs is 1. The van der Waals surface area contributed by atoms with Crippen molar-refractivity contribution in [3.05, 3.63) is 15.1 Å². The zero-order chi connectivity index (χ0) is 9.42. The molecule has 0 saturated heterocycles. The summed E-state index contributed by atoms with van der Waals surface area (Å²) in [5.41, 5.74) is 0.841. The molecule has 1 aromatic heterocycles.